The number of rotatable bonds is 17. The van der Waals surface area contributed by atoms with Gasteiger partial charge < -0.3 is 24.2 Å². The molecule has 59 heavy (non-hydrogen) atoms. The lowest BCUT2D eigenvalue weighted by Crippen LogP contribution is -2.48. The van der Waals surface area contributed by atoms with Crippen molar-refractivity contribution in [1.82, 2.24) is 14.9 Å². The highest BCUT2D eigenvalue weighted by Crippen LogP contribution is 2.57. The van der Waals surface area contributed by atoms with Gasteiger partial charge in [0.25, 0.3) is 0 Å². The molecule has 1 amide bonds. The number of pyridine rings is 1. The number of ketones is 2. The number of carboxylic acid groups (broad SMARTS) is 1. The number of hydrogen-bond acceptors (Lipinski definition) is 11. The molecule has 3 unspecified atom stereocenters. The zero-order chi connectivity index (χ0) is 42.6. The number of fused-ring (bicyclic) bond motifs is 2. The van der Waals surface area contributed by atoms with Crippen LogP contribution in [0.25, 0.3) is 22.3 Å². The molecule has 3 saturated carbocycles. The summed E-state index contributed by atoms with van der Waals surface area (Å²) in [4.78, 5) is 78.0. The summed E-state index contributed by atoms with van der Waals surface area (Å²) in [6.45, 7) is 14.9. The van der Waals surface area contributed by atoms with Crippen LogP contribution in [0.5, 0.6) is 11.5 Å². The van der Waals surface area contributed by atoms with Gasteiger partial charge in [-0.3, -0.25) is 24.0 Å². The lowest BCUT2D eigenvalue weighted by Gasteiger charge is -2.35. The van der Waals surface area contributed by atoms with Gasteiger partial charge >= 0.3 is 11.9 Å². The molecule has 1 saturated heterocycles. The summed E-state index contributed by atoms with van der Waals surface area (Å²) >= 11 is 8.44. The van der Waals surface area contributed by atoms with E-state index in [1.165, 1.54) is 29.6 Å². The van der Waals surface area contributed by atoms with Gasteiger partial charge in [0.15, 0.2) is 11.6 Å². The molecule has 316 valence electrons. The average Bonchev–Trinajstić information content (AvgIpc) is 3.83. The van der Waals surface area contributed by atoms with Crippen molar-refractivity contribution in [2.45, 2.75) is 111 Å². The standard InChI is InChI=1S/C45H54ClN3O9S/c1-8-27-18-45(27,43(54)55)19-35(51)34-15-29(20-49(34)42(53)31(44(5,6)7)16-39(52)58-28-13-25-12-26(25)14-28)57-37-17-32(33-22-59-38(47-33)11-23(2)3)48-41-30(37)9-10-36(40(41)46)56-21-24(4)50/h8-10,17,22-23,25-29,31,34H,1,11-16,18-21H2,2-7H3,(H,54,55)/t25-,26+,27?,28?,29?,31-,34+,45-/m1/s1. The Labute approximate surface area is 354 Å². The van der Waals surface area contributed by atoms with Gasteiger partial charge in [0.1, 0.15) is 35.3 Å². The Morgan fingerprint density at radius 1 is 1.05 bits per heavy atom. The molecule has 2 aromatic heterocycles. The number of thiazole rings is 1. The summed E-state index contributed by atoms with van der Waals surface area (Å²) in [6, 6.07) is 4.14. The molecule has 14 heteroatoms. The van der Waals surface area contributed by atoms with Crippen LogP contribution < -0.4 is 9.47 Å². The number of amides is 1. The lowest BCUT2D eigenvalue weighted by atomic mass is 9.77. The largest absolute Gasteiger partial charge is 0.488 e. The second-order valence-electron chi connectivity index (χ2n) is 18.6. The molecule has 3 aromatic rings. The Balaban J connectivity index is 1.21. The first-order valence-corrected chi connectivity index (χ1v) is 21.9. The number of Topliss-reactive ketones (excluding diaryl/α,β-unsaturated/α-hetero) is 2. The van der Waals surface area contributed by atoms with Crippen molar-refractivity contribution in [2.75, 3.05) is 13.2 Å². The highest BCUT2D eigenvalue weighted by atomic mass is 35.5. The number of esters is 1. The van der Waals surface area contributed by atoms with Gasteiger partial charge in [0.2, 0.25) is 5.91 Å². The minimum absolute atomic E-state index is 0.00966. The Kier molecular flexibility index (Phi) is 12.0. The first kappa shape index (κ1) is 42.8. The molecule has 4 aliphatic rings. The molecule has 0 radical (unpaired) electrons. The highest BCUT2D eigenvalue weighted by molar-refractivity contribution is 7.09. The number of ether oxygens (including phenoxy) is 3. The van der Waals surface area contributed by atoms with Crippen molar-refractivity contribution >= 4 is 63.3 Å². The minimum Gasteiger partial charge on any atom is -0.488 e. The van der Waals surface area contributed by atoms with Crippen molar-refractivity contribution < 1.29 is 43.3 Å². The first-order chi connectivity index (χ1) is 27.9. The number of aliphatic carboxylic acids is 1. The van der Waals surface area contributed by atoms with Gasteiger partial charge in [0.05, 0.1) is 52.3 Å². The van der Waals surface area contributed by atoms with Crippen molar-refractivity contribution in [1.29, 1.82) is 0 Å². The molecule has 7 rings (SSSR count). The quantitative estimate of drug-likeness (QED) is 0.103. The van der Waals surface area contributed by atoms with Crippen LogP contribution in [0.1, 0.15) is 91.5 Å². The van der Waals surface area contributed by atoms with E-state index in [1.54, 1.807) is 24.3 Å². The van der Waals surface area contributed by atoms with Crippen molar-refractivity contribution in [3.8, 4) is 22.9 Å². The third-order valence-corrected chi connectivity index (χ3v) is 13.7. The number of benzene rings is 1. The second-order valence-corrected chi connectivity index (χ2v) is 19.9. The zero-order valence-electron chi connectivity index (χ0n) is 34.6. The summed E-state index contributed by atoms with van der Waals surface area (Å²) in [5.74, 6) is -1.33. The van der Waals surface area contributed by atoms with E-state index >= 15 is 0 Å². The Morgan fingerprint density at radius 2 is 1.78 bits per heavy atom. The van der Waals surface area contributed by atoms with Crippen LogP contribution in [0.15, 0.2) is 36.2 Å². The topological polar surface area (TPSA) is 162 Å². The lowest BCUT2D eigenvalue weighted by molar-refractivity contribution is -0.157. The fourth-order valence-corrected chi connectivity index (χ4v) is 10.2. The number of hydrogen-bond donors (Lipinski definition) is 1. The Morgan fingerprint density at radius 3 is 2.41 bits per heavy atom. The van der Waals surface area contributed by atoms with Crippen LogP contribution in [0.2, 0.25) is 5.02 Å². The van der Waals surface area contributed by atoms with Gasteiger partial charge in [-0.05, 0) is 73.8 Å². The smallest absolute Gasteiger partial charge is 0.310 e. The van der Waals surface area contributed by atoms with Crippen molar-refractivity contribution in [3.63, 3.8) is 0 Å². The third-order valence-electron chi connectivity index (χ3n) is 12.4. The molecule has 8 atom stereocenters. The van der Waals surface area contributed by atoms with Gasteiger partial charge in [-0.1, -0.05) is 52.3 Å². The van der Waals surface area contributed by atoms with Crippen LogP contribution in [0.3, 0.4) is 0 Å². The minimum atomic E-state index is -1.28. The monoisotopic (exact) mass is 847 g/mol. The molecular weight excluding hydrogens is 794 g/mol. The van der Waals surface area contributed by atoms with E-state index in [1.807, 2.05) is 26.2 Å². The van der Waals surface area contributed by atoms with Crippen molar-refractivity contribution in [2.24, 2.45) is 40.4 Å². The van der Waals surface area contributed by atoms with Crippen LogP contribution in [0, 0.1) is 40.4 Å². The van der Waals surface area contributed by atoms with Crippen molar-refractivity contribution in [3.05, 3.63) is 46.3 Å². The van der Waals surface area contributed by atoms with Crippen LogP contribution in [-0.4, -0.2) is 80.8 Å². The van der Waals surface area contributed by atoms with E-state index in [2.05, 4.69) is 20.4 Å². The van der Waals surface area contributed by atoms with E-state index in [0.29, 0.717) is 45.8 Å². The first-order valence-electron chi connectivity index (χ1n) is 20.6. The molecule has 3 heterocycles. The number of carboxylic acids is 1. The third kappa shape index (κ3) is 9.21. The fourth-order valence-electron chi connectivity index (χ4n) is 8.93. The van der Waals surface area contributed by atoms with Crippen LogP contribution >= 0.6 is 22.9 Å². The highest BCUT2D eigenvalue weighted by Gasteiger charge is 2.61. The summed E-state index contributed by atoms with van der Waals surface area (Å²) < 4.78 is 18.4. The molecule has 3 aliphatic carbocycles. The molecule has 0 bridgehead atoms. The zero-order valence-corrected chi connectivity index (χ0v) is 36.2. The summed E-state index contributed by atoms with van der Waals surface area (Å²) in [5, 5.41) is 13.8. The predicted octanol–water partition coefficient (Wildman–Crippen LogP) is 8.16. The fraction of sp³-hybridized carbons (Fsp3) is 0.578. The number of aromatic nitrogens is 2. The summed E-state index contributed by atoms with van der Waals surface area (Å²) in [6.07, 6.45) is 4.38. The molecule has 12 nitrogen and oxygen atoms in total. The molecule has 1 aromatic carbocycles. The number of nitrogens with zero attached hydrogens (tertiary/aromatic N) is 3. The van der Waals surface area contributed by atoms with E-state index in [4.69, 9.17) is 35.8 Å². The summed E-state index contributed by atoms with van der Waals surface area (Å²) in [7, 11) is 0. The van der Waals surface area contributed by atoms with E-state index in [0.717, 1.165) is 24.3 Å². The molecular formula is C45H54ClN3O9S. The van der Waals surface area contributed by atoms with Gasteiger partial charge in [-0.2, -0.15) is 0 Å². The SMILES string of the molecule is C=CC1C[C@]1(CC(=O)[C@@H]1CC(Oc2cc(-c3csc(CC(C)C)n3)nc3c(Cl)c(OCC(C)=O)ccc23)CN1C(=O)[C@@H](CC(=O)OC1C[C@@H]2C[C@@H]2C1)C(C)(C)C)C(=O)O. The Hall–Kier alpha value is -4.36. The van der Waals surface area contributed by atoms with Crippen LogP contribution in [-0.2, 0) is 35.1 Å². The number of likely N-dealkylation sites (tertiary alicyclic amines) is 1. The van der Waals surface area contributed by atoms with E-state index in [-0.39, 0.29) is 79.1 Å². The number of carbonyl (C=O) groups is 5. The molecule has 1 N–H and O–H groups in total. The van der Waals surface area contributed by atoms with Gasteiger partial charge in [0, 0.05) is 36.1 Å². The average molecular weight is 848 g/mol. The predicted molar refractivity (Wildman–Crippen MR) is 223 cm³/mol. The second kappa shape index (κ2) is 16.6. The van der Waals surface area contributed by atoms with Gasteiger partial charge in [-0.15, -0.1) is 17.9 Å². The number of halogens is 1. The summed E-state index contributed by atoms with van der Waals surface area (Å²) in [5.41, 5.74) is -0.491. The number of allylic oxidation sites excluding steroid dienone is 1. The number of carbonyl (C=O) groups excluding carboxylic acids is 4. The maximum atomic E-state index is 14.8. The normalized spacial score (nSPS) is 26.3. The maximum Gasteiger partial charge on any atom is 0.310 e. The molecule has 4 fully saturated rings. The Bertz CT molecular complexity index is 2170. The molecule has 1 aliphatic heterocycles. The van der Waals surface area contributed by atoms with Crippen LogP contribution in [0.4, 0.5) is 0 Å². The van der Waals surface area contributed by atoms with Gasteiger partial charge in [-0.25, -0.2) is 9.97 Å². The maximum absolute atomic E-state index is 14.8. The molecule has 0 spiro atoms. The van der Waals surface area contributed by atoms with E-state index in [9.17, 15) is 29.1 Å². The van der Waals surface area contributed by atoms with E-state index < -0.39 is 40.8 Å².